The molecule has 6 nitrogen and oxygen atoms in total. The largest absolute Gasteiger partial charge is 0.334 e. The second-order valence-electron chi connectivity index (χ2n) is 6.86. The molecule has 27 heavy (non-hydrogen) atoms. The number of hydrogen-bond acceptors (Lipinski definition) is 3. The molecule has 4 amide bonds. The number of imide groups is 1. The van der Waals surface area contributed by atoms with Gasteiger partial charge < -0.3 is 10.2 Å². The summed E-state index contributed by atoms with van der Waals surface area (Å²) < 4.78 is 0. The summed E-state index contributed by atoms with van der Waals surface area (Å²) in [6.45, 7) is 2.03. The maximum Gasteiger partial charge on any atom is 0.317 e. The van der Waals surface area contributed by atoms with Gasteiger partial charge >= 0.3 is 6.03 Å². The van der Waals surface area contributed by atoms with Crippen molar-refractivity contribution in [1.82, 2.24) is 10.2 Å². The van der Waals surface area contributed by atoms with E-state index in [9.17, 15) is 14.4 Å². The first-order valence-electron chi connectivity index (χ1n) is 9.25. The summed E-state index contributed by atoms with van der Waals surface area (Å²) in [5.41, 5.74) is 2.31. The van der Waals surface area contributed by atoms with E-state index in [1.54, 1.807) is 36.4 Å². The highest BCUT2D eigenvalue weighted by atomic mass is 16.2. The van der Waals surface area contributed by atoms with Gasteiger partial charge in [-0.3, -0.25) is 9.59 Å². The molecule has 6 heteroatoms. The Morgan fingerprint density at radius 1 is 0.852 bits per heavy atom. The minimum Gasteiger partial charge on any atom is -0.334 e. The summed E-state index contributed by atoms with van der Waals surface area (Å²) >= 11 is 0. The number of hydrogen-bond donors (Lipinski definition) is 1. The molecule has 0 bridgehead atoms. The molecule has 0 unspecified atom stereocenters. The smallest absolute Gasteiger partial charge is 0.317 e. The fourth-order valence-electron chi connectivity index (χ4n) is 3.57. The lowest BCUT2D eigenvalue weighted by molar-refractivity contribution is 0.0926. The van der Waals surface area contributed by atoms with Crippen LogP contribution in [0.2, 0.25) is 0 Å². The molecule has 4 rings (SSSR count). The molecule has 0 aromatic heterocycles. The zero-order valence-corrected chi connectivity index (χ0v) is 15.0. The van der Waals surface area contributed by atoms with Crippen LogP contribution in [0.5, 0.6) is 0 Å². The van der Waals surface area contributed by atoms with Gasteiger partial charge in [0.05, 0.1) is 16.8 Å². The van der Waals surface area contributed by atoms with E-state index in [0.29, 0.717) is 23.4 Å². The maximum absolute atomic E-state index is 12.5. The van der Waals surface area contributed by atoms with Crippen LogP contribution < -0.4 is 10.2 Å². The number of carbonyl (C=O) groups excluding carboxylic acids is 3. The van der Waals surface area contributed by atoms with Crippen LogP contribution in [0.25, 0.3) is 0 Å². The first-order chi connectivity index (χ1) is 13.1. The zero-order valence-electron chi connectivity index (χ0n) is 15.0. The average molecular weight is 363 g/mol. The number of anilines is 1. The van der Waals surface area contributed by atoms with Crippen LogP contribution in [-0.4, -0.2) is 35.8 Å². The van der Waals surface area contributed by atoms with Crippen LogP contribution in [0, 0.1) is 0 Å². The van der Waals surface area contributed by atoms with Gasteiger partial charge in [0, 0.05) is 19.6 Å². The maximum atomic E-state index is 12.5. The van der Waals surface area contributed by atoms with Gasteiger partial charge in [-0.15, -0.1) is 0 Å². The molecule has 2 aromatic carbocycles. The van der Waals surface area contributed by atoms with Crippen molar-refractivity contribution in [2.24, 2.45) is 0 Å². The average Bonchev–Trinajstić information content (AvgIpc) is 2.98. The molecular weight excluding hydrogens is 342 g/mol. The number of amides is 4. The summed E-state index contributed by atoms with van der Waals surface area (Å²) in [5, 5.41) is 2.93. The molecule has 0 saturated carbocycles. The predicted molar refractivity (Wildman–Crippen MR) is 102 cm³/mol. The minimum atomic E-state index is -0.304. The monoisotopic (exact) mass is 363 g/mol. The van der Waals surface area contributed by atoms with Crippen LogP contribution in [0.3, 0.4) is 0 Å². The van der Waals surface area contributed by atoms with E-state index in [-0.39, 0.29) is 17.8 Å². The van der Waals surface area contributed by atoms with Gasteiger partial charge in [-0.1, -0.05) is 24.3 Å². The number of likely N-dealkylation sites (tertiary alicyclic amines) is 1. The Kier molecular flexibility index (Phi) is 4.62. The quantitative estimate of drug-likeness (QED) is 0.852. The summed E-state index contributed by atoms with van der Waals surface area (Å²) in [5.74, 6) is -0.608. The standard InChI is InChI=1S/C21H21N3O3/c25-19-17-6-2-3-7-18(17)20(26)24(19)16-10-8-15(9-11-16)14-22-21(27)23-12-4-1-5-13-23/h2-3,6-11H,1,4-5,12-14H2,(H,22,27). The Balaban J connectivity index is 1.42. The molecule has 2 aromatic rings. The highest BCUT2D eigenvalue weighted by molar-refractivity contribution is 6.34. The third kappa shape index (κ3) is 3.30. The lowest BCUT2D eigenvalue weighted by Crippen LogP contribution is -2.42. The molecule has 0 aliphatic carbocycles. The molecule has 1 fully saturated rings. The van der Waals surface area contributed by atoms with Gasteiger partial charge in [-0.05, 0) is 49.1 Å². The lowest BCUT2D eigenvalue weighted by atomic mass is 10.1. The normalized spacial score (nSPS) is 16.4. The molecular formula is C21H21N3O3. The molecule has 2 heterocycles. The third-order valence-electron chi connectivity index (χ3n) is 5.08. The fraction of sp³-hybridized carbons (Fsp3) is 0.286. The number of urea groups is 1. The van der Waals surface area contributed by atoms with Gasteiger partial charge in [0.2, 0.25) is 0 Å². The molecule has 1 N–H and O–H groups in total. The van der Waals surface area contributed by atoms with Crippen molar-refractivity contribution in [3.8, 4) is 0 Å². The SMILES string of the molecule is O=C(NCc1ccc(N2C(=O)c3ccccc3C2=O)cc1)N1CCCCC1. The minimum absolute atomic E-state index is 0.0425. The fourth-order valence-corrected chi connectivity index (χ4v) is 3.57. The summed E-state index contributed by atoms with van der Waals surface area (Å²) in [6, 6.07) is 13.9. The van der Waals surface area contributed by atoms with Crippen molar-refractivity contribution in [2.75, 3.05) is 18.0 Å². The van der Waals surface area contributed by atoms with Crippen LogP contribution in [0.1, 0.15) is 45.5 Å². The highest BCUT2D eigenvalue weighted by Crippen LogP contribution is 2.28. The summed E-state index contributed by atoms with van der Waals surface area (Å²) in [7, 11) is 0. The van der Waals surface area contributed by atoms with Crippen molar-refractivity contribution in [1.29, 1.82) is 0 Å². The summed E-state index contributed by atoms with van der Waals surface area (Å²) in [4.78, 5) is 40.3. The number of fused-ring (bicyclic) bond motifs is 1. The molecule has 0 spiro atoms. The number of benzene rings is 2. The first-order valence-corrected chi connectivity index (χ1v) is 9.25. The molecule has 1 saturated heterocycles. The van der Waals surface area contributed by atoms with Gasteiger partial charge in [0.1, 0.15) is 0 Å². The Hall–Kier alpha value is -3.15. The third-order valence-corrected chi connectivity index (χ3v) is 5.08. The van der Waals surface area contributed by atoms with Crippen molar-refractivity contribution in [3.05, 3.63) is 65.2 Å². The topological polar surface area (TPSA) is 69.7 Å². The second-order valence-corrected chi connectivity index (χ2v) is 6.86. The molecule has 0 radical (unpaired) electrons. The van der Waals surface area contributed by atoms with E-state index in [4.69, 9.17) is 0 Å². The van der Waals surface area contributed by atoms with E-state index in [1.165, 1.54) is 11.3 Å². The predicted octanol–water partition coefficient (Wildman–Crippen LogP) is 3.18. The number of rotatable bonds is 3. The van der Waals surface area contributed by atoms with Crippen LogP contribution in [-0.2, 0) is 6.54 Å². The van der Waals surface area contributed by atoms with E-state index in [1.807, 2.05) is 17.0 Å². The Morgan fingerprint density at radius 3 is 2.04 bits per heavy atom. The molecule has 0 atom stereocenters. The second kappa shape index (κ2) is 7.23. The number of nitrogens with one attached hydrogen (secondary N) is 1. The molecule has 2 aliphatic rings. The van der Waals surface area contributed by atoms with Crippen molar-refractivity contribution in [2.45, 2.75) is 25.8 Å². The number of nitrogens with zero attached hydrogens (tertiary/aromatic N) is 2. The highest BCUT2D eigenvalue weighted by Gasteiger charge is 2.36. The van der Waals surface area contributed by atoms with E-state index >= 15 is 0 Å². The van der Waals surface area contributed by atoms with Gasteiger partial charge in [0.15, 0.2) is 0 Å². The zero-order chi connectivity index (χ0) is 18.8. The van der Waals surface area contributed by atoms with Crippen LogP contribution in [0.4, 0.5) is 10.5 Å². The van der Waals surface area contributed by atoms with Crippen molar-refractivity contribution >= 4 is 23.5 Å². The number of piperidine rings is 1. The van der Waals surface area contributed by atoms with E-state index < -0.39 is 0 Å². The first kappa shape index (κ1) is 17.3. The van der Waals surface area contributed by atoms with Crippen molar-refractivity contribution < 1.29 is 14.4 Å². The van der Waals surface area contributed by atoms with Gasteiger partial charge in [-0.25, -0.2) is 9.69 Å². The van der Waals surface area contributed by atoms with Crippen LogP contribution in [0.15, 0.2) is 48.5 Å². The molecule has 138 valence electrons. The van der Waals surface area contributed by atoms with Gasteiger partial charge in [0.25, 0.3) is 11.8 Å². The number of carbonyl (C=O) groups is 3. The van der Waals surface area contributed by atoms with Crippen LogP contribution >= 0.6 is 0 Å². The lowest BCUT2D eigenvalue weighted by Gasteiger charge is -2.26. The summed E-state index contributed by atoms with van der Waals surface area (Å²) in [6.07, 6.45) is 3.30. The van der Waals surface area contributed by atoms with E-state index in [0.717, 1.165) is 31.5 Å². The van der Waals surface area contributed by atoms with E-state index in [2.05, 4.69) is 5.32 Å². The van der Waals surface area contributed by atoms with Gasteiger partial charge in [-0.2, -0.15) is 0 Å². The Labute approximate surface area is 157 Å². The Morgan fingerprint density at radius 2 is 1.44 bits per heavy atom. The molecule has 2 aliphatic heterocycles. The Bertz CT molecular complexity index is 851. The van der Waals surface area contributed by atoms with Crippen molar-refractivity contribution in [3.63, 3.8) is 0 Å².